The molecule has 0 spiro atoms. The number of nitrogens with zero attached hydrogens (tertiary/aromatic N) is 5. The van der Waals surface area contributed by atoms with E-state index in [4.69, 9.17) is 0 Å². The van der Waals surface area contributed by atoms with Crippen molar-refractivity contribution in [3.05, 3.63) is 47.5 Å². The second kappa shape index (κ2) is 7.03. The van der Waals surface area contributed by atoms with Crippen LogP contribution in [0.25, 0.3) is 0 Å². The second-order valence-electron chi connectivity index (χ2n) is 6.97. The van der Waals surface area contributed by atoms with Crippen molar-refractivity contribution in [2.24, 2.45) is 0 Å². The van der Waals surface area contributed by atoms with Crippen molar-refractivity contribution >= 4 is 0 Å². The van der Waals surface area contributed by atoms with Gasteiger partial charge in [0.15, 0.2) is 0 Å². The largest absolute Gasteiger partial charge is 0.298 e. The van der Waals surface area contributed by atoms with Gasteiger partial charge in [-0.15, -0.1) is 0 Å². The molecule has 1 saturated heterocycles. The average molecular weight is 325 g/mol. The summed E-state index contributed by atoms with van der Waals surface area (Å²) in [7, 11) is 0. The van der Waals surface area contributed by atoms with Crippen LogP contribution in [0.5, 0.6) is 0 Å². The Labute approximate surface area is 144 Å². The maximum atomic E-state index is 4.41. The Balaban J connectivity index is 1.32. The summed E-state index contributed by atoms with van der Waals surface area (Å²) in [6.07, 6.45) is 5.44. The predicted molar refractivity (Wildman–Crippen MR) is 94.8 cm³/mol. The third-order valence-electron chi connectivity index (χ3n) is 5.60. The normalized spacial score (nSPS) is 22.5. The van der Waals surface area contributed by atoms with E-state index in [0.29, 0.717) is 0 Å². The van der Waals surface area contributed by atoms with Gasteiger partial charge in [-0.3, -0.25) is 9.80 Å². The van der Waals surface area contributed by atoms with Crippen molar-refractivity contribution in [3.63, 3.8) is 0 Å². The average Bonchev–Trinajstić information content (AvgIpc) is 3.09. The Kier molecular flexibility index (Phi) is 4.63. The van der Waals surface area contributed by atoms with Crippen LogP contribution < -0.4 is 0 Å². The van der Waals surface area contributed by atoms with E-state index in [2.05, 4.69) is 51.1 Å². The smallest absolute Gasteiger partial charge is 0.140 e. The molecule has 2 aromatic rings. The van der Waals surface area contributed by atoms with Gasteiger partial charge in [0.1, 0.15) is 12.2 Å². The molecule has 0 amide bonds. The minimum atomic E-state index is 0.723. The molecule has 1 aromatic heterocycles. The van der Waals surface area contributed by atoms with E-state index < -0.39 is 0 Å². The van der Waals surface area contributed by atoms with Gasteiger partial charge < -0.3 is 0 Å². The van der Waals surface area contributed by atoms with Crippen LogP contribution in [-0.2, 0) is 25.9 Å². The Bertz CT molecular complexity index is 672. The first-order chi connectivity index (χ1) is 11.8. The number of hydrogen-bond donors (Lipinski definition) is 0. The molecule has 5 heteroatoms. The van der Waals surface area contributed by atoms with Gasteiger partial charge in [0.25, 0.3) is 0 Å². The molecular formula is C19H27N5. The van der Waals surface area contributed by atoms with Crippen molar-refractivity contribution in [3.8, 4) is 0 Å². The van der Waals surface area contributed by atoms with E-state index in [1.54, 1.807) is 17.5 Å². The number of piperazine rings is 1. The van der Waals surface area contributed by atoms with Crippen molar-refractivity contribution in [1.82, 2.24) is 24.6 Å². The first-order valence-corrected chi connectivity index (χ1v) is 9.23. The lowest BCUT2D eigenvalue weighted by Gasteiger charge is -2.41. The number of fused-ring (bicyclic) bond motifs is 1. The summed E-state index contributed by atoms with van der Waals surface area (Å²) in [6, 6.07) is 9.69. The van der Waals surface area contributed by atoms with Crippen LogP contribution in [0.15, 0.2) is 30.6 Å². The van der Waals surface area contributed by atoms with E-state index >= 15 is 0 Å². The Morgan fingerprint density at radius 3 is 2.67 bits per heavy atom. The highest BCUT2D eigenvalue weighted by Crippen LogP contribution is 2.25. The SMILES string of the molecule is CCn1ncnc1CN1CCN([C@H]2CCc3ccccc3C2)CC1. The molecule has 0 bridgehead atoms. The van der Waals surface area contributed by atoms with Crippen LogP contribution in [0.1, 0.15) is 30.3 Å². The molecule has 0 unspecified atom stereocenters. The quantitative estimate of drug-likeness (QED) is 0.861. The van der Waals surface area contributed by atoms with Gasteiger partial charge in [-0.1, -0.05) is 24.3 Å². The fourth-order valence-electron chi connectivity index (χ4n) is 4.15. The summed E-state index contributed by atoms with van der Waals surface area (Å²) < 4.78 is 2.00. The van der Waals surface area contributed by atoms with Crippen molar-refractivity contribution in [1.29, 1.82) is 0 Å². The third kappa shape index (κ3) is 3.23. The molecule has 4 rings (SSSR count). The summed E-state index contributed by atoms with van der Waals surface area (Å²) >= 11 is 0. The molecule has 1 aliphatic carbocycles. The van der Waals surface area contributed by atoms with Gasteiger partial charge in [0.2, 0.25) is 0 Å². The zero-order valence-corrected chi connectivity index (χ0v) is 14.6. The Morgan fingerprint density at radius 1 is 1.08 bits per heavy atom. The minimum absolute atomic E-state index is 0.723. The van der Waals surface area contributed by atoms with E-state index in [1.165, 1.54) is 32.4 Å². The molecule has 1 aromatic carbocycles. The van der Waals surface area contributed by atoms with Gasteiger partial charge in [0.05, 0.1) is 6.54 Å². The number of aromatic nitrogens is 3. The molecule has 128 valence electrons. The maximum absolute atomic E-state index is 4.41. The molecule has 0 saturated carbocycles. The molecule has 0 N–H and O–H groups in total. The van der Waals surface area contributed by atoms with E-state index in [9.17, 15) is 0 Å². The van der Waals surface area contributed by atoms with E-state index in [-0.39, 0.29) is 0 Å². The molecular weight excluding hydrogens is 298 g/mol. The second-order valence-corrected chi connectivity index (χ2v) is 6.97. The number of aryl methyl sites for hydroxylation is 2. The molecule has 1 fully saturated rings. The number of hydrogen-bond acceptors (Lipinski definition) is 4. The highest BCUT2D eigenvalue weighted by atomic mass is 15.4. The Morgan fingerprint density at radius 2 is 1.88 bits per heavy atom. The number of benzene rings is 1. The van der Waals surface area contributed by atoms with Crippen LogP contribution in [0, 0.1) is 0 Å². The molecule has 2 heterocycles. The van der Waals surface area contributed by atoms with Crippen LogP contribution >= 0.6 is 0 Å². The lowest BCUT2D eigenvalue weighted by Crippen LogP contribution is -2.51. The van der Waals surface area contributed by atoms with E-state index in [1.807, 2.05) is 4.68 Å². The van der Waals surface area contributed by atoms with Crippen LogP contribution in [0.3, 0.4) is 0 Å². The topological polar surface area (TPSA) is 37.2 Å². The molecule has 2 aliphatic rings. The third-order valence-corrected chi connectivity index (χ3v) is 5.60. The highest BCUT2D eigenvalue weighted by molar-refractivity contribution is 5.30. The van der Waals surface area contributed by atoms with Gasteiger partial charge >= 0.3 is 0 Å². The minimum Gasteiger partial charge on any atom is -0.298 e. The van der Waals surface area contributed by atoms with Gasteiger partial charge in [-0.2, -0.15) is 5.10 Å². The number of rotatable bonds is 4. The van der Waals surface area contributed by atoms with Crippen LogP contribution in [0.4, 0.5) is 0 Å². The first kappa shape index (κ1) is 15.8. The molecule has 24 heavy (non-hydrogen) atoms. The summed E-state index contributed by atoms with van der Waals surface area (Å²) in [4.78, 5) is 9.63. The fourth-order valence-corrected chi connectivity index (χ4v) is 4.15. The van der Waals surface area contributed by atoms with Gasteiger partial charge in [-0.05, 0) is 37.3 Å². The first-order valence-electron chi connectivity index (χ1n) is 9.23. The zero-order valence-electron chi connectivity index (χ0n) is 14.6. The summed E-state index contributed by atoms with van der Waals surface area (Å²) in [5.74, 6) is 1.09. The predicted octanol–water partition coefficient (Wildman–Crippen LogP) is 1.97. The zero-order chi connectivity index (χ0) is 16.4. The highest BCUT2D eigenvalue weighted by Gasteiger charge is 2.27. The summed E-state index contributed by atoms with van der Waals surface area (Å²) in [5.41, 5.74) is 3.12. The van der Waals surface area contributed by atoms with Crippen LogP contribution in [0.2, 0.25) is 0 Å². The molecule has 1 atom stereocenters. The van der Waals surface area contributed by atoms with Gasteiger partial charge in [0, 0.05) is 38.8 Å². The summed E-state index contributed by atoms with van der Waals surface area (Å²) in [5, 5.41) is 4.28. The van der Waals surface area contributed by atoms with Crippen molar-refractivity contribution in [2.75, 3.05) is 26.2 Å². The monoisotopic (exact) mass is 325 g/mol. The van der Waals surface area contributed by atoms with Gasteiger partial charge in [-0.25, -0.2) is 9.67 Å². The molecule has 0 radical (unpaired) electrons. The lowest BCUT2D eigenvalue weighted by atomic mass is 9.87. The molecule has 1 aliphatic heterocycles. The van der Waals surface area contributed by atoms with Crippen molar-refractivity contribution < 1.29 is 0 Å². The fraction of sp³-hybridized carbons (Fsp3) is 0.579. The summed E-state index contributed by atoms with van der Waals surface area (Å²) in [6.45, 7) is 8.56. The Hall–Kier alpha value is -1.72. The standard InChI is InChI=1S/C19H27N5/c1-2-24-19(20-15-21-24)14-22-9-11-23(12-10-22)18-8-7-16-5-3-4-6-17(16)13-18/h3-6,15,18H,2,7-14H2,1H3/t18-/m0/s1. The van der Waals surface area contributed by atoms with E-state index in [0.717, 1.165) is 38.0 Å². The lowest BCUT2D eigenvalue weighted by molar-refractivity contribution is 0.0834. The van der Waals surface area contributed by atoms with Crippen LogP contribution in [-0.4, -0.2) is 56.8 Å². The maximum Gasteiger partial charge on any atom is 0.140 e. The van der Waals surface area contributed by atoms with Crippen molar-refractivity contribution in [2.45, 2.75) is 45.3 Å². The molecule has 5 nitrogen and oxygen atoms in total.